The van der Waals surface area contributed by atoms with Crippen molar-refractivity contribution in [2.75, 3.05) is 26.2 Å². The molecule has 0 N–H and O–H groups in total. The molecule has 0 spiro atoms. The molecule has 1 heterocycles. The van der Waals surface area contributed by atoms with Crippen LogP contribution in [-0.2, 0) is 4.74 Å². The molecule has 0 amide bonds. The lowest BCUT2D eigenvalue weighted by Crippen LogP contribution is -2.40. The average molecular weight is 298 g/mol. The first-order valence-corrected chi connectivity index (χ1v) is 7.04. The summed E-state index contributed by atoms with van der Waals surface area (Å²) in [5.74, 6) is 0.716. The average Bonchev–Trinajstić information content (AvgIpc) is 2.29. The van der Waals surface area contributed by atoms with E-state index in [1.807, 2.05) is 6.07 Å². The Hall–Kier alpha value is -0.380. The smallest absolute Gasteiger partial charge is 0.0963 e. The first kappa shape index (κ1) is 13.1. The van der Waals surface area contributed by atoms with Gasteiger partial charge in [-0.2, -0.15) is 0 Å². The van der Waals surface area contributed by atoms with Gasteiger partial charge in [0.2, 0.25) is 0 Å². The maximum atomic E-state index is 5.88. The topological polar surface area (TPSA) is 12.5 Å². The first-order chi connectivity index (χ1) is 8.16. The lowest BCUT2D eigenvalue weighted by Gasteiger charge is -2.34. The lowest BCUT2D eigenvalue weighted by atomic mass is 10.1. The Labute approximate surface area is 112 Å². The van der Waals surface area contributed by atoms with Crippen LogP contribution in [0.5, 0.6) is 0 Å². The molecule has 1 aromatic carbocycles. The highest BCUT2D eigenvalue weighted by atomic mass is 79.9. The number of ether oxygens (including phenoxy) is 1. The zero-order chi connectivity index (χ0) is 12.3. The molecule has 1 aliphatic heterocycles. The number of benzene rings is 1. The number of hydrogen-bond donors (Lipinski definition) is 0. The van der Waals surface area contributed by atoms with Crippen LogP contribution in [0.25, 0.3) is 0 Å². The highest BCUT2D eigenvalue weighted by Gasteiger charge is 2.23. The minimum atomic E-state index is 0.207. The summed E-state index contributed by atoms with van der Waals surface area (Å²) in [5, 5.41) is 0. The molecule has 1 fully saturated rings. The van der Waals surface area contributed by atoms with Gasteiger partial charge >= 0.3 is 0 Å². The van der Waals surface area contributed by atoms with Gasteiger partial charge in [-0.3, -0.25) is 4.90 Å². The van der Waals surface area contributed by atoms with Gasteiger partial charge in [0.05, 0.1) is 12.7 Å². The molecule has 0 aliphatic carbocycles. The van der Waals surface area contributed by atoms with E-state index in [1.165, 1.54) is 5.56 Å². The van der Waals surface area contributed by atoms with Crippen molar-refractivity contribution in [3.05, 3.63) is 34.3 Å². The monoisotopic (exact) mass is 297 g/mol. The second-order valence-corrected chi connectivity index (χ2v) is 5.89. The van der Waals surface area contributed by atoms with E-state index in [0.29, 0.717) is 5.92 Å². The fourth-order valence-corrected chi connectivity index (χ4v) is 2.85. The van der Waals surface area contributed by atoms with Crippen LogP contribution in [0.1, 0.15) is 25.5 Å². The van der Waals surface area contributed by atoms with Gasteiger partial charge in [-0.15, -0.1) is 0 Å². The maximum absolute atomic E-state index is 5.88. The van der Waals surface area contributed by atoms with E-state index >= 15 is 0 Å². The van der Waals surface area contributed by atoms with Gasteiger partial charge in [-0.25, -0.2) is 0 Å². The van der Waals surface area contributed by atoms with E-state index in [1.54, 1.807) is 0 Å². The van der Waals surface area contributed by atoms with Crippen LogP contribution in [-0.4, -0.2) is 31.1 Å². The molecule has 1 aromatic rings. The highest BCUT2D eigenvalue weighted by molar-refractivity contribution is 9.10. The Balaban J connectivity index is 2.04. The molecule has 0 saturated carbocycles. The third-order valence-electron chi connectivity index (χ3n) is 3.03. The zero-order valence-corrected chi connectivity index (χ0v) is 12.1. The van der Waals surface area contributed by atoms with Crippen molar-refractivity contribution in [2.24, 2.45) is 5.92 Å². The van der Waals surface area contributed by atoms with E-state index in [4.69, 9.17) is 4.74 Å². The third kappa shape index (κ3) is 3.54. The van der Waals surface area contributed by atoms with Gasteiger partial charge < -0.3 is 4.74 Å². The van der Waals surface area contributed by atoms with Crippen molar-refractivity contribution in [1.82, 2.24) is 4.90 Å². The van der Waals surface area contributed by atoms with Gasteiger partial charge in [0.15, 0.2) is 0 Å². The second kappa shape index (κ2) is 5.98. The Kier molecular flexibility index (Phi) is 4.60. The number of halogens is 1. The van der Waals surface area contributed by atoms with Crippen molar-refractivity contribution in [2.45, 2.75) is 20.0 Å². The number of nitrogens with zero attached hydrogens (tertiary/aromatic N) is 1. The molecular formula is C14H20BrNO. The Bertz CT molecular complexity index is 367. The summed E-state index contributed by atoms with van der Waals surface area (Å²) < 4.78 is 7.03. The standard InChI is InChI=1S/C14H20BrNO/c1-11(2)9-16-7-8-17-14(10-16)12-5-3-4-6-13(12)15/h3-6,11,14H,7-10H2,1-2H3. The molecule has 2 nitrogen and oxygen atoms in total. The summed E-state index contributed by atoms with van der Waals surface area (Å²) in [5.41, 5.74) is 1.26. The summed E-state index contributed by atoms with van der Waals surface area (Å²) >= 11 is 3.60. The molecule has 2 rings (SSSR count). The molecule has 17 heavy (non-hydrogen) atoms. The molecule has 1 atom stereocenters. The minimum absolute atomic E-state index is 0.207. The largest absolute Gasteiger partial charge is 0.371 e. The Morgan fingerprint density at radius 3 is 2.88 bits per heavy atom. The van der Waals surface area contributed by atoms with Crippen LogP contribution >= 0.6 is 15.9 Å². The summed E-state index contributed by atoms with van der Waals surface area (Å²) in [6.07, 6.45) is 0.207. The zero-order valence-electron chi connectivity index (χ0n) is 10.5. The van der Waals surface area contributed by atoms with Crippen molar-refractivity contribution in [3.63, 3.8) is 0 Å². The summed E-state index contributed by atoms with van der Waals surface area (Å²) in [6, 6.07) is 8.35. The van der Waals surface area contributed by atoms with E-state index in [2.05, 4.69) is 52.9 Å². The Morgan fingerprint density at radius 2 is 2.18 bits per heavy atom. The van der Waals surface area contributed by atoms with Crippen LogP contribution in [0.2, 0.25) is 0 Å². The summed E-state index contributed by atoms with van der Waals surface area (Å²) in [4.78, 5) is 2.50. The molecular weight excluding hydrogens is 278 g/mol. The molecule has 0 aromatic heterocycles. The molecule has 1 saturated heterocycles. The van der Waals surface area contributed by atoms with Crippen molar-refractivity contribution in [1.29, 1.82) is 0 Å². The highest BCUT2D eigenvalue weighted by Crippen LogP contribution is 2.28. The number of hydrogen-bond acceptors (Lipinski definition) is 2. The molecule has 94 valence electrons. The molecule has 3 heteroatoms. The van der Waals surface area contributed by atoms with Gasteiger partial charge in [0, 0.05) is 24.1 Å². The lowest BCUT2D eigenvalue weighted by molar-refractivity contribution is -0.0335. The number of rotatable bonds is 3. The summed E-state index contributed by atoms with van der Waals surface area (Å²) in [6.45, 7) is 8.58. The van der Waals surface area contributed by atoms with E-state index in [0.717, 1.165) is 30.7 Å². The fraction of sp³-hybridized carbons (Fsp3) is 0.571. The van der Waals surface area contributed by atoms with Crippen molar-refractivity contribution in [3.8, 4) is 0 Å². The van der Waals surface area contributed by atoms with Crippen LogP contribution in [0, 0.1) is 5.92 Å². The van der Waals surface area contributed by atoms with Crippen LogP contribution in [0.3, 0.4) is 0 Å². The molecule has 0 bridgehead atoms. The maximum Gasteiger partial charge on any atom is 0.0963 e. The summed E-state index contributed by atoms with van der Waals surface area (Å²) in [7, 11) is 0. The normalized spacial score (nSPS) is 22.0. The van der Waals surface area contributed by atoms with E-state index in [-0.39, 0.29) is 6.10 Å². The Morgan fingerprint density at radius 1 is 1.41 bits per heavy atom. The van der Waals surface area contributed by atoms with Crippen LogP contribution in [0.15, 0.2) is 28.7 Å². The molecule has 0 radical (unpaired) electrons. The van der Waals surface area contributed by atoms with E-state index in [9.17, 15) is 0 Å². The van der Waals surface area contributed by atoms with Crippen molar-refractivity contribution < 1.29 is 4.74 Å². The van der Waals surface area contributed by atoms with Gasteiger partial charge in [-0.1, -0.05) is 48.0 Å². The van der Waals surface area contributed by atoms with Gasteiger partial charge in [-0.05, 0) is 17.5 Å². The number of morpholine rings is 1. The molecule has 1 aliphatic rings. The molecule has 1 unspecified atom stereocenters. The SMILES string of the molecule is CC(C)CN1CCOC(c2ccccc2Br)C1. The fourth-order valence-electron chi connectivity index (χ4n) is 2.31. The van der Waals surface area contributed by atoms with E-state index < -0.39 is 0 Å². The minimum Gasteiger partial charge on any atom is -0.371 e. The quantitative estimate of drug-likeness (QED) is 0.847. The van der Waals surface area contributed by atoms with Crippen molar-refractivity contribution >= 4 is 15.9 Å². The van der Waals surface area contributed by atoms with Gasteiger partial charge in [0.25, 0.3) is 0 Å². The van der Waals surface area contributed by atoms with Gasteiger partial charge in [0.1, 0.15) is 0 Å². The first-order valence-electron chi connectivity index (χ1n) is 6.25. The predicted octanol–water partition coefficient (Wildman–Crippen LogP) is 3.48. The second-order valence-electron chi connectivity index (χ2n) is 5.03. The predicted molar refractivity (Wildman–Crippen MR) is 74.1 cm³/mol. The van der Waals surface area contributed by atoms with Crippen LogP contribution < -0.4 is 0 Å². The van der Waals surface area contributed by atoms with Crippen LogP contribution in [0.4, 0.5) is 0 Å². The third-order valence-corrected chi connectivity index (χ3v) is 3.75.